The van der Waals surface area contributed by atoms with Gasteiger partial charge in [-0.05, 0) is 41.8 Å². The minimum absolute atomic E-state index is 0.701. The van der Waals surface area contributed by atoms with Crippen molar-refractivity contribution in [3.05, 3.63) is 42.0 Å². The molecule has 0 amide bonds. The fourth-order valence-corrected chi connectivity index (χ4v) is 2.16. The van der Waals surface area contributed by atoms with Crippen molar-refractivity contribution >= 4 is 5.69 Å². The van der Waals surface area contributed by atoms with Crippen molar-refractivity contribution in [1.82, 2.24) is 0 Å². The molecule has 3 heteroatoms. The van der Waals surface area contributed by atoms with Crippen LogP contribution in [0.2, 0.25) is 0 Å². The molecular formula is C16H17NO2. The van der Waals surface area contributed by atoms with Crippen LogP contribution in [0.5, 0.6) is 11.5 Å². The highest BCUT2D eigenvalue weighted by atomic mass is 16.5. The summed E-state index contributed by atoms with van der Waals surface area (Å²) in [6, 6.07) is 12.1. The van der Waals surface area contributed by atoms with Crippen LogP contribution in [0.25, 0.3) is 11.1 Å². The molecule has 0 unspecified atom stereocenters. The van der Waals surface area contributed by atoms with Crippen molar-refractivity contribution in [2.24, 2.45) is 0 Å². The van der Waals surface area contributed by atoms with E-state index in [0.29, 0.717) is 13.2 Å². The molecule has 98 valence electrons. The molecule has 1 aliphatic rings. The van der Waals surface area contributed by atoms with Gasteiger partial charge in [-0.2, -0.15) is 0 Å². The molecule has 0 fully saturated rings. The average molecular weight is 255 g/mol. The summed E-state index contributed by atoms with van der Waals surface area (Å²) in [6.07, 6.45) is 0.918. The first-order chi connectivity index (χ1) is 9.24. The van der Waals surface area contributed by atoms with Gasteiger partial charge >= 0.3 is 0 Å². The maximum atomic E-state index is 5.96. The molecule has 0 aromatic heterocycles. The van der Waals surface area contributed by atoms with Crippen LogP contribution in [0.3, 0.4) is 0 Å². The van der Waals surface area contributed by atoms with Crippen molar-refractivity contribution < 1.29 is 9.47 Å². The molecule has 0 saturated carbocycles. The normalized spacial score (nSPS) is 13.9. The van der Waals surface area contributed by atoms with E-state index >= 15 is 0 Å². The first-order valence-corrected chi connectivity index (χ1v) is 6.50. The fraction of sp³-hybridized carbons (Fsp3) is 0.250. The molecule has 1 heterocycles. The van der Waals surface area contributed by atoms with E-state index in [2.05, 4.69) is 6.07 Å². The molecule has 0 spiro atoms. The van der Waals surface area contributed by atoms with Crippen LogP contribution in [-0.2, 0) is 0 Å². The SMILES string of the molecule is Cc1ccc(-c2ccc3c(c2)OCCCO3)cc1N. The Balaban J connectivity index is 2.01. The molecule has 0 saturated heterocycles. The minimum Gasteiger partial charge on any atom is -0.490 e. The number of fused-ring (bicyclic) bond motifs is 1. The fourth-order valence-electron chi connectivity index (χ4n) is 2.16. The molecule has 2 aromatic carbocycles. The predicted octanol–water partition coefficient (Wildman–Crippen LogP) is 3.41. The molecule has 1 aliphatic heterocycles. The van der Waals surface area contributed by atoms with Crippen LogP contribution >= 0.6 is 0 Å². The number of ether oxygens (including phenoxy) is 2. The smallest absolute Gasteiger partial charge is 0.161 e. The summed E-state index contributed by atoms with van der Waals surface area (Å²) in [5, 5.41) is 0. The zero-order chi connectivity index (χ0) is 13.2. The number of anilines is 1. The van der Waals surface area contributed by atoms with E-state index in [1.807, 2.05) is 37.3 Å². The van der Waals surface area contributed by atoms with E-state index in [4.69, 9.17) is 15.2 Å². The number of rotatable bonds is 1. The van der Waals surface area contributed by atoms with Crippen molar-refractivity contribution in [2.45, 2.75) is 13.3 Å². The van der Waals surface area contributed by atoms with Gasteiger partial charge in [0.15, 0.2) is 11.5 Å². The molecular weight excluding hydrogens is 238 g/mol. The van der Waals surface area contributed by atoms with E-state index in [9.17, 15) is 0 Å². The first-order valence-electron chi connectivity index (χ1n) is 6.50. The number of hydrogen-bond acceptors (Lipinski definition) is 3. The van der Waals surface area contributed by atoms with Crippen LogP contribution in [0.4, 0.5) is 5.69 Å². The average Bonchev–Trinajstić information content (AvgIpc) is 2.66. The lowest BCUT2D eigenvalue weighted by Crippen LogP contribution is -1.97. The molecule has 3 rings (SSSR count). The summed E-state index contributed by atoms with van der Waals surface area (Å²) >= 11 is 0. The van der Waals surface area contributed by atoms with Crippen molar-refractivity contribution in [3.8, 4) is 22.6 Å². The van der Waals surface area contributed by atoms with Gasteiger partial charge in [-0.1, -0.05) is 18.2 Å². The second kappa shape index (κ2) is 4.84. The Bertz CT molecular complexity index is 608. The summed E-state index contributed by atoms with van der Waals surface area (Å²) in [5.41, 5.74) is 10.1. The standard InChI is InChI=1S/C16H17NO2/c1-11-3-4-12(9-14(11)17)13-5-6-15-16(10-13)19-8-2-7-18-15/h3-6,9-10H,2,7-8,17H2,1H3. The molecule has 0 aliphatic carbocycles. The third-order valence-corrected chi connectivity index (χ3v) is 3.36. The van der Waals surface area contributed by atoms with Gasteiger partial charge in [0.25, 0.3) is 0 Å². The van der Waals surface area contributed by atoms with Crippen molar-refractivity contribution in [2.75, 3.05) is 18.9 Å². The van der Waals surface area contributed by atoms with Crippen LogP contribution in [0, 0.1) is 6.92 Å². The van der Waals surface area contributed by atoms with Crippen LogP contribution in [-0.4, -0.2) is 13.2 Å². The minimum atomic E-state index is 0.701. The first kappa shape index (κ1) is 11.9. The highest BCUT2D eigenvalue weighted by Gasteiger charge is 2.11. The highest BCUT2D eigenvalue weighted by Crippen LogP contribution is 2.34. The summed E-state index contributed by atoms with van der Waals surface area (Å²) in [6.45, 7) is 3.42. The lowest BCUT2D eigenvalue weighted by molar-refractivity contribution is 0.297. The van der Waals surface area contributed by atoms with E-state index in [-0.39, 0.29) is 0 Å². The molecule has 0 radical (unpaired) electrons. The lowest BCUT2D eigenvalue weighted by atomic mass is 10.0. The van der Waals surface area contributed by atoms with Crippen LogP contribution in [0.15, 0.2) is 36.4 Å². The second-order valence-electron chi connectivity index (χ2n) is 4.78. The summed E-state index contributed by atoms with van der Waals surface area (Å²) in [7, 11) is 0. The number of nitrogen functional groups attached to an aromatic ring is 1. The van der Waals surface area contributed by atoms with Gasteiger partial charge in [-0.3, -0.25) is 0 Å². The zero-order valence-corrected chi connectivity index (χ0v) is 11.0. The van der Waals surface area contributed by atoms with Gasteiger partial charge in [-0.15, -0.1) is 0 Å². The molecule has 3 nitrogen and oxygen atoms in total. The molecule has 19 heavy (non-hydrogen) atoms. The third-order valence-electron chi connectivity index (χ3n) is 3.36. The Morgan fingerprint density at radius 1 is 0.895 bits per heavy atom. The van der Waals surface area contributed by atoms with Gasteiger partial charge in [-0.25, -0.2) is 0 Å². The second-order valence-corrected chi connectivity index (χ2v) is 4.78. The Kier molecular flexibility index (Phi) is 3.03. The van der Waals surface area contributed by atoms with Crippen molar-refractivity contribution in [3.63, 3.8) is 0 Å². The Morgan fingerprint density at radius 3 is 2.37 bits per heavy atom. The summed E-state index contributed by atoms with van der Waals surface area (Å²) in [4.78, 5) is 0. The van der Waals surface area contributed by atoms with Gasteiger partial charge < -0.3 is 15.2 Å². The van der Waals surface area contributed by atoms with Crippen LogP contribution in [0.1, 0.15) is 12.0 Å². The number of hydrogen-bond donors (Lipinski definition) is 1. The predicted molar refractivity (Wildman–Crippen MR) is 76.6 cm³/mol. The van der Waals surface area contributed by atoms with E-state index in [1.54, 1.807) is 0 Å². The van der Waals surface area contributed by atoms with E-state index < -0.39 is 0 Å². The van der Waals surface area contributed by atoms with Gasteiger partial charge in [0.1, 0.15) is 0 Å². The molecule has 0 atom stereocenters. The number of aryl methyl sites for hydroxylation is 1. The van der Waals surface area contributed by atoms with Gasteiger partial charge in [0.2, 0.25) is 0 Å². The number of nitrogens with two attached hydrogens (primary N) is 1. The monoisotopic (exact) mass is 255 g/mol. The Labute approximate surface area is 113 Å². The van der Waals surface area contributed by atoms with Crippen molar-refractivity contribution in [1.29, 1.82) is 0 Å². The highest BCUT2D eigenvalue weighted by molar-refractivity contribution is 5.71. The maximum Gasteiger partial charge on any atom is 0.161 e. The Morgan fingerprint density at radius 2 is 1.58 bits per heavy atom. The summed E-state index contributed by atoms with van der Waals surface area (Å²) in [5.74, 6) is 1.63. The third kappa shape index (κ3) is 2.36. The van der Waals surface area contributed by atoms with Gasteiger partial charge in [0, 0.05) is 12.1 Å². The van der Waals surface area contributed by atoms with Crippen LogP contribution < -0.4 is 15.2 Å². The van der Waals surface area contributed by atoms with E-state index in [1.165, 1.54) is 0 Å². The number of benzene rings is 2. The summed E-state index contributed by atoms with van der Waals surface area (Å²) < 4.78 is 11.3. The quantitative estimate of drug-likeness (QED) is 0.794. The van der Waals surface area contributed by atoms with E-state index in [0.717, 1.165) is 40.3 Å². The largest absolute Gasteiger partial charge is 0.490 e. The Hall–Kier alpha value is -2.16. The maximum absolute atomic E-state index is 5.96. The molecule has 0 bridgehead atoms. The molecule has 2 N–H and O–H groups in total. The topological polar surface area (TPSA) is 44.5 Å². The molecule has 2 aromatic rings. The zero-order valence-electron chi connectivity index (χ0n) is 11.0. The van der Waals surface area contributed by atoms with Gasteiger partial charge in [0.05, 0.1) is 13.2 Å². The lowest BCUT2D eigenvalue weighted by Gasteiger charge is -2.10.